The molecule has 3 heteroatoms. The van der Waals surface area contributed by atoms with E-state index in [9.17, 15) is 5.11 Å². The number of aliphatic hydroxyl groups is 1. The van der Waals surface area contributed by atoms with Gasteiger partial charge in [0, 0.05) is 24.6 Å². The number of hydrogen-bond acceptors (Lipinski definition) is 3. The van der Waals surface area contributed by atoms with Crippen molar-refractivity contribution in [3.8, 4) is 0 Å². The molecule has 1 aliphatic heterocycles. The highest BCUT2D eigenvalue weighted by Crippen LogP contribution is 2.21. The second kappa shape index (κ2) is 5.28. The van der Waals surface area contributed by atoms with Crippen LogP contribution in [0, 0.1) is 5.92 Å². The molecule has 0 spiro atoms. The van der Waals surface area contributed by atoms with Gasteiger partial charge in [0.2, 0.25) is 0 Å². The molecule has 15 heavy (non-hydrogen) atoms. The summed E-state index contributed by atoms with van der Waals surface area (Å²) < 4.78 is 5.29. The average molecular weight is 215 g/mol. The van der Waals surface area contributed by atoms with E-state index in [4.69, 9.17) is 4.74 Å². The fourth-order valence-corrected chi connectivity index (χ4v) is 1.80. The summed E-state index contributed by atoms with van der Waals surface area (Å²) in [4.78, 5) is 2.25. The van der Waals surface area contributed by atoms with Crippen LogP contribution in [0.1, 0.15) is 33.6 Å². The third kappa shape index (κ3) is 3.44. The maximum Gasteiger partial charge on any atom is 0.0718 e. The third-order valence-corrected chi connectivity index (χ3v) is 3.87. The Balaban J connectivity index is 2.39. The Morgan fingerprint density at radius 3 is 2.67 bits per heavy atom. The zero-order valence-electron chi connectivity index (χ0n) is 10.5. The van der Waals surface area contributed by atoms with Gasteiger partial charge in [-0.05, 0) is 33.7 Å². The van der Waals surface area contributed by atoms with Crippen LogP contribution in [0.25, 0.3) is 0 Å². The average Bonchev–Trinajstić information content (AvgIpc) is 2.70. The summed E-state index contributed by atoms with van der Waals surface area (Å²) in [6.45, 7) is 8.89. The molecule has 1 fully saturated rings. The predicted molar refractivity (Wildman–Crippen MR) is 61.9 cm³/mol. The number of likely N-dealkylation sites (N-methyl/N-ethyl adjacent to an activating group) is 1. The van der Waals surface area contributed by atoms with Crippen LogP contribution in [0.2, 0.25) is 0 Å². The number of ether oxygens (including phenoxy) is 1. The summed E-state index contributed by atoms with van der Waals surface area (Å²) in [5.74, 6) is 0.333. The second-order valence-corrected chi connectivity index (χ2v) is 5.24. The molecule has 1 rings (SSSR count). The molecule has 0 aromatic rings. The van der Waals surface area contributed by atoms with E-state index in [2.05, 4.69) is 32.7 Å². The van der Waals surface area contributed by atoms with E-state index < -0.39 is 0 Å². The van der Waals surface area contributed by atoms with E-state index in [1.54, 1.807) is 0 Å². The molecule has 2 unspecified atom stereocenters. The van der Waals surface area contributed by atoms with E-state index in [1.165, 1.54) is 0 Å². The van der Waals surface area contributed by atoms with E-state index in [1.807, 2.05) is 0 Å². The van der Waals surface area contributed by atoms with Gasteiger partial charge in [0.05, 0.1) is 12.7 Å². The van der Waals surface area contributed by atoms with Crippen molar-refractivity contribution >= 4 is 0 Å². The van der Waals surface area contributed by atoms with Crippen LogP contribution >= 0.6 is 0 Å². The molecule has 0 amide bonds. The highest BCUT2D eigenvalue weighted by Gasteiger charge is 2.28. The maximum atomic E-state index is 10.1. The first-order valence-electron chi connectivity index (χ1n) is 5.94. The van der Waals surface area contributed by atoms with E-state index in [0.29, 0.717) is 5.92 Å². The van der Waals surface area contributed by atoms with Crippen molar-refractivity contribution in [2.45, 2.75) is 45.3 Å². The first-order valence-corrected chi connectivity index (χ1v) is 5.94. The highest BCUT2D eigenvalue weighted by atomic mass is 16.5. The Kier molecular flexibility index (Phi) is 4.56. The Hall–Kier alpha value is -0.120. The van der Waals surface area contributed by atoms with Crippen molar-refractivity contribution in [3.63, 3.8) is 0 Å². The zero-order chi connectivity index (χ0) is 11.5. The molecule has 2 atom stereocenters. The van der Waals surface area contributed by atoms with Crippen LogP contribution in [-0.4, -0.2) is 48.5 Å². The van der Waals surface area contributed by atoms with Crippen LogP contribution in [0.3, 0.4) is 0 Å². The van der Waals surface area contributed by atoms with Crippen molar-refractivity contribution < 1.29 is 9.84 Å². The third-order valence-electron chi connectivity index (χ3n) is 3.87. The Morgan fingerprint density at radius 1 is 1.53 bits per heavy atom. The summed E-state index contributed by atoms with van der Waals surface area (Å²) in [7, 11) is 2.09. The minimum absolute atomic E-state index is 0.167. The SMILES string of the molecule is CCC(C)(C)N(C)CC(O)C1CCOC1. The summed E-state index contributed by atoms with van der Waals surface area (Å²) in [6.07, 6.45) is 1.85. The van der Waals surface area contributed by atoms with Crippen LogP contribution in [0.15, 0.2) is 0 Å². The van der Waals surface area contributed by atoms with Crippen molar-refractivity contribution in [1.82, 2.24) is 4.90 Å². The van der Waals surface area contributed by atoms with E-state index >= 15 is 0 Å². The molecule has 90 valence electrons. The van der Waals surface area contributed by atoms with Gasteiger partial charge >= 0.3 is 0 Å². The number of hydrogen-bond donors (Lipinski definition) is 1. The summed E-state index contributed by atoms with van der Waals surface area (Å²) in [5, 5.41) is 10.1. The number of aliphatic hydroxyl groups excluding tert-OH is 1. The van der Waals surface area contributed by atoms with Crippen LogP contribution in [-0.2, 0) is 4.74 Å². The standard InChI is InChI=1S/C12H25NO2/c1-5-12(2,3)13(4)8-11(14)10-6-7-15-9-10/h10-11,14H,5-9H2,1-4H3. The minimum atomic E-state index is -0.247. The van der Waals surface area contributed by atoms with E-state index in [-0.39, 0.29) is 11.6 Å². The highest BCUT2D eigenvalue weighted by molar-refractivity contribution is 4.82. The summed E-state index contributed by atoms with van der Waals surface area (Å²) in [6, 6.07) is 0. The Morgan fingerprint density at radius 2 is 2.20 bits per heavy atom. The fourth-order valence-electron chi connectivity index (χ4n) is 1.80. The molecule has 0 aliphatic carbocycles. The molecule has 1 saturated heterocycles. The summed E-state index contributed by atoms with van der Waals surface area (Å²) in [5.41, 5.74) is 0.167. The van der Waals surface area contributed by atoms with Gasteiger partial charge in [-0.2, -0.15) is 0 Å². The molecule has 1 aliphatic rings. The van der Waals surface area contributed by atoms with Crippen molar-refractivity contribution in [2.75, 3.05) is 26.8 Å². The van der Waals surface area contributed by atoms with Crippen LogP contribution < -0.4 is 0 Å². The van der Waals surface area contributed by atoms with Crippen LogP contribution in [0.5, 0.6) is 0 Å². The topological polar surface area (TPSA) is 32.7 Å². The molecular weight excluding hydrogens is 190 g/mol. The smallest absolute Gasteiger partial charge is 0.0718 e. The molecule has 0 radical (unpaired) electrons. The first kappa shape index (κ1) is 12.9. The molecule has 0 aromatic carbocycles. The Bertz CT molecular complexity index is 188. The predicted octanol–water partition coefficient (Wildman–Crippen LogP) is 1.50. The quantitative estimate of drug-likeness (QED) is 0.754. The lowest BCUT2D eigenvalue weighted by Crippen LogP contribution is -2.46. The number of β-amino-alcohol motifs (C(OH)–C–C–N with tert-alkyl or cyclic N) is 1. The number of nitrogens with zero attached hydrogens (tertiary/aromatic N) is 1. The van der Waals surface area contributed by atoms with Crippen LogP contribution in [0.4, 0.5) is 0 Å². The van der Waals surface area contributed by atoms with Crippen molar-refractivity contribution in [2.24, 2.45) is 5.92 Å². The van der Waals surface area contributed by atoms with Gasteiger partial charge in [0.1, 0.15) is 0 Å². The minimum Gasteiger partial charge on any atom is -0.391 e. The van der Waals surface area contributed by atoms with Crippen molar-refractivity contribution in [1.29, 1.82) is 0 Å². The largest absolute Gasteiger partial charge is 0.391 e. The van der Waals surface area contributed by atoms with Gasteiger partial charge in [-0.25, -0.2) is 0 Å². The molecule has 0 aromatic heterocycles. The molecular formula is C12H25NO2. The Labute approximate surface area is 93.4 Å². The second-order valence-electron chi connectivity index (χ2n) is 5.24. The van der Waals surface area contributed by atoms with Gasteiger partial charge in [-0.3, -0.25) is 4.90 Å². The lowest BCUT2D eigenvalue weighted by molar-refractivity contribution is 0.0307. The first-order chi connectivity index (χ1) is 6.97. The molecule has 0 saturated carbocycles. The van der Waals surface area contributed by atoms with Gasteiger partial charge in [-0.1, -0.05) is 6.92 Å². The maximum absolute atomic E-state index is 10.1. The zero-order valence-corrected chi connectivity index (χ0v) is 10.5. The van der Waals surface area contributed by atoms with Gasteiger partial charge < -0.3 is 9.84 Å². The summed E-state index contributed by atoms with van der Waals surface area (Å²) >= 11 is 0. The normalized spacial score (nSPS) is 24.8. The fraction of sp³-hybridized carbons (Fsp3) is 1.00. The van der Waals surface area contributed by atoms with Crippen molar-refractivity contribution in [3.05, 3.63) is 0 Å². The van der Waals surface area contributed by atoms with Gasteiger partial charge in [0.15, 0.2) is 0 Å². The van der Waals surface area contributed by atoms with E-state index in [0.717, 1.165) is 32.6 Å². The monoisotopic (exact) mass is 215 g/mol. The molecule has 1 N–H and O–H groups in total. The number of rotatable bonds is 5. The van der Waals surface area contributed by atoms with Gasteiger partial charge in [-0.15, -0.1) is 0 Å². The lowest BCUT2D eigenvalue weighted by Gasteiger charge is -2.37. The molecule has 0 bridgehead atoms. The molecule has 3 nitrogen and oxygen atoms in total. The lowest BCUT2D eigenvalue weighted by atomic mass is 9.96. The van der Waals surface area contributed by atoms with Gasteiger partial charge in [0.25, 0.3) is 0 Å². The molecule has 1 heterocycles.